The van der Waals surface area contributed by atoms with Crippen LogP contribution in [0.2, 0.25) is 0 Å². The summed E-state index contributed by atoms with van der Waals surface area (Å²) in [5.74, 6) is 2.00. The molecule has 1 aromatic rings. The minimum atomic E-state index is 0.396. The number of anilines is 1. The summed E-state index contributed by atoms with van der Waals surface area (Å²) in [5, 5.41) is 3.39. The summed E-state index contributed by atoms with van der Waals surface area (Å²) in [6, 6.07) is 2.41. The Morgan fingerprint density at radius 1 is 1.38 bits per heavy atom. The molecule has 1 rings (SSSR count). The lowest BCUT2D eigenvalue weighted by Gasteiger charge is -2.16. The number of alkyl halides is 1. The van der Waals surface area contributed by atoms with Crippen molar-refractivity contribution in [2.45, 2.75) is 45.6 Å². The third kappa shape index (κ3) is 3.97. The van der Waals surface area contributed by atoms with Crippen LogP contribution in [0.4, 0.5) is 5.82 Å². The molecule has 0 radical (unpaired) electrons. The van der Waals surface area contributed by atoms with E-state index in [1.165, 1.54) is 0 Å². The molecule has 3 nitrogen and oxygen atoms in total. The van der Waals surface area contributed by atoms with Gasteiger partial charge in [0.25, 0.3) is 0 Å². The Labute approximate surface area is 103 Å². The van der Waals surface area contributed by atoms with E-state index >= 15 is 0 Å². The van der Waals surface area contributed by atoms with Crippen molar-refractivity contribution >= 4 is 17.4 Å². The predicted octanol–water partition coefficient (Wildman–Crippen LogP) is 3.42. The lowest BCUT2D eigenvalue weighted by Crippen LogP contribution is -2.19. The molecule has 0 fully saturated rings. The maximum absolute atomic E-state index is 5.75. The van der Waals surface area contributed by atoms with E-state index in [2.05, 4.69) is 36.1 Å². The summed E-state index contributed by atoms with van der Waals surface area (Å²) in [4.78, 5) is 8.47. The van der Waals surface area contributed by atoms with Crippen molar-refractivity contribution < 1.29 is 0 Å². The van der Waals surface area contributed by atoms with Crippen LogP contribution in [0, 0.1) is 0 Å². The van der Waals surface area contributed by atoms with Crippen molar-refractivity contribution in [2.24, 2.45) is 0 Å². The van der Waals surface area contributed by atoms with Gasteiger partial charge in [0.1, 0.15) is 12.1 Å². The van der Waals surface area contributed by atoms with Gasteiger partial charge in [-0.2, -0.15) is 0 Å². The van der Waals surface area contributed by atoms with Crippen LogP contribution in [0.1, 0.15) is 45.2 Å². The number of aromatic nitrogens is 2. The number of hydrogen-bond donors (Lipinski definition) is 1. The van der Waals surface area contributed by atoms with Crippen molar-refractivity contribution in [3.63, 3.8) is 0 Å². The average molecular weight is 242 g/mol. The molecular weight excluding hydrogens is 222 g/mol. The largest absolute Gasteiger partial charge is 0.367 e. The molecule has 16 heavy (non-hydrogen) atoms. The average Bonchev–Trinajstić information content (AvgIpc) is 2.29. The molecule has 0 spiro atoms. The highest BCUT2D eigenvalue weighted by Gasteiger charge is 2.08. The van der Waals surface area contributed by atoms with E-state index in [1.807, 2.05) is 6.07 Å². The molecule has 90 valence electrons. The monoisotopic (exact) mass is 241 g/mol. The van der Waals surface area contributed by atoms with Crippen LogP contribution in [0.3, 0.4) is 0 Å². The van der Waals surface area contributed by atoms with E-state index in [1.54, 1.807) is 6.33 Å². The van der Waals surface area contributed by atoms with Crippen LogP contribution in [0.15, 0.2) is 12.4 Å². The smallest absolute Gasteiger partial charge is 0.129 e. The van der Waals surface area contributed by atoms with E-state index in [9.17, 15) is 0 Å². The summed E-state index contributed by atoms with van der Waals surface area (Å²) in [6.45, 7) is 6.40. The van der Waals surface area contributed by atoms with E-state index < -0.39 is 0 Å². The lowest BCUT2D eigenvalue weighted by atomic mass is 10.1. The molecule has 1 unspecified atom stereocenters. The van der Waals surface area contributed by atoms with Crippen LogP contribution in [-0.2, 0) is 0 Å². The second-order valence-corrected chi connectivity index (χ2v) is 4.59. The highest BCUT2D eigenvalue weighted by atomic mass is 35.5. The maximum atomic E-state index is 5.75. The first kappa shape index (κ1) is 13.2. The fourth-order valence-corrected chi connectivity index (χ4v) is 1.75. The fraction of sp³-hybridized carbons (Fsp3) is 0.667. The summed E-state index contributed by atoms with van der Waals surface area (Å²) in [6.07, 6.45) is 3.62. The topological polar surface area (TPSA) is 37.8 Å². The highest BCUT2D eigenvalue weighted by molar-refractivity contribution is 6.17. The zero-order valence-corrected chi connectivity index (χ0v) is 11.0. The van der Waals surface area contributed by atoms with Crippen molar-refractivity contribution in [1.29, 1.82) is 0 Å². The Balaban J connectivity index is 2.68. The minimum absolute atomic E-state index is 0.396. The maximum Gasteiger partial charge on any atom is 0.129 e. The Hall–Kier alpha value is -0.830. The zero-order valence-electron chi connectivity index (χ0n) is 10.2. The summed E-state index contributed by atoms with van der Waals surface area (Å²) in [7, 11) is 0. The highest BCUT2D eigenvalue weighted by Crippen LogP contribution is 2.15. The molecule has 0 bridgehead atoms. The van der Waals surface area contributed by atoms with Crippen LogP contribution in [0.5, 0.6) is 0 Å². The molecule has 0 saturated carbocycles. The molecule has 1 atom stereocenters. The molecule has 1 N–H and O–H groups in total. The molecule has 0 aliphatic carbocycles. The van der Waals surface area contributed by atoms with E-state index in [4.69, 9.17) is 11.6 Å². The Bertz CT molecular complexity index is 315. The molecule has 0 aliphatic heterocycles. The summed E-state index contributed by atoms with van der Waals surface area (Å²) < 4.78 is 0. The second kappa shape index (κ2) is 6.69. The van der Waals surface area contributed by atoms with Crippen LogP contribution in [0.25, 0.3) is 0 Å². The quantitative estimate of drug-likeness (QED) is 0.776. The third-order valence-corrected chi connectivity index (χ3v) is 2.80. The van der Waals surface area contributed by atoms with Gasteiger partial charge >= 0.3 is 0 Å². The molecular formula is C12H20ClN3. The van der Waals surface area contributed by atoms with Crippen LogP contribution in [-0.4, -0.2) is 21.9 Å². The van der Waals surface area contributed by atoms with Crippen molar-refractivity contribution in [3.05, 3.63) is 18.1 Å². The van der Waals surface area contributed by atoms with Gasteiger partial charge in [0.15, 0.2) is 0 Å². The van der Waals surface area contributed by atoms with Gasteiger partial charge in [-0.15, -0.1) is 11.6 Å². The van der Waals surface area contributed by atoms with E-state index in [0.717, 1.165) is 24.4 Å². The van der Waals surface area contributed by atoms with Gasteiger partial charge in [0, 0.05) is 23.7 Å². The standard InChI is InChI=1S/C12H20ClN3/c1-4-10(5-6-13)16-12-7-11(9(2)3)14-8-15-12/h7-10H,4-6H2,1-3H3,(H,14,15,16). The van der Waals surface area contributed by atoms with Crippen molar-refractivity contribution in [1.82, 2.24) is 9.97 Å². The van der Waals surface area contributed by atoms with Gasteiger partial charge in [-0.1, -0.05) is 20.8 Å². The first-order valence-corrected chi connectivity index (χ1v) is 6.35. The second-order valence-electron chi connectivity index (χ2n) is 4.21. The van der Waals surface area contributed by atoms with Gasteiger partial charge in [-0.25, -0.2) is 9.97 Å². The molecule has 0 aromatic carbocycles. The number of nitrogens with one attached hydrogen (secondary N) is 1. The Morgan fingerprint density at radius 3 is 2.69 bits per heavy atom. The Morgan fingerprint density at radius 2 is 2.12 bits per heavy atom. The first-order chi connectivity index (χ1) is 7.67. The number of halogens is 1. The SMILES string of the molecule is CCC(CCCl)Nc1cc(C(C)C)ncn1. The van der Waals surface area contributed by atoms with Gasteiger partial charge < -0.3 is 5.32 Å². The van der Waals surface area contributed by atoms with Gasteiger partial charge in [0.05, 0.1) is 0 Å². The minimum Gasteiger partial charge on any atom is -0.367 e. The zero-order chi connectivity index (χ0) is 12.0. The van der Waals surface area contributed by atoms with Crippen LogP contribution < -0.4 is 5.32 Å². The number of nitrogens with zero attached hydrogens (tertiary/aromatic N) is 2. The molecule has 0 amide bonds. The lowest BCUT2D eigenvalue weighted by molar-refractivity contribution is 0.670. The molecule has 1 heterocycles. The predicted molar refractivity (Wildman–Crippen MR) is 69.2 cm³/mol. The van der Waals surface area contributed by atoms with Gasteiger partial charge in [-0.05, 0) is 18.8 Å². The Kier molecular flexibility index (Phi) is 5.53. The molecule has 4 heteroatoms. The van der Waals surface area contributed by atoms with E-state index in [0.29, 0.717) is 17.8 Å². The fourth-order valence-electron chi connectivity index (χ4n) is 1.49. The molecule has 0 aliphatic rings. The molecule has 1 aromatic heterocycles. The first-order valence-electron chi connectivity index (χ1n) is 5.81. The van der Waals surface area contributed by atoms with E-state index in [-0.39, 0.29) is 0 Å². The number of rotatable bonds is 6. The van der Waals surface area contributed by atoms with Gasteiger partial charge in [0.2, 0.25) is 0 Å². The van der Waals surface area contributed by atoms with Crippen molar-refractivity contribution in [2.75, 3.05) is 11.2 Å². The molecule has 0 saturated heterocycles. The third-order valence-electron chi connectivity index (χ3n) is 2.58. The normalized spacial score (nSPS) is 12.8. The summed E-state index contributed by atoms with van der Waals surface area (Å²) >= 11 is 5.75. The number of hydrogen-bond acceptors (Lipinski definition) is 3. The van der Waals surface area contributed by atoms with Crippen LogP contribution >= 0.6 is 11.6 Å². The van der Waals surface area contributed by atoms with Crippen molar-refractivity contribution in [3.8, 4) is 0 Å². The van der Waals surface area contributed by atoms with Gasteiger partial charge in [-0.3, -0.25) is 0 Å². The summed E-state index contributed by atoms with van der Waals surface area (Å²) in [5.41, 5.74) is 1.07.